The van der Waals surface area contributed by atoms with E-state index in [-0.39, 0.29) is 18.4 Å². The number of urea groups is 1. The number of carbonyl (C=O) groups excluding carboxylic acids is 1. The van der Waals surface area contributed by atoms with Crippen LogP contribution in [0, 0.1) is 11.8 Å². The quantitative estimate of drug-likeness (QED) is 0.858. The zero-order valence-corrected chi connectivity index (χ0v) is 17.2. The summed E-state index contributed by atoms with van der Waals surface area (Å²) in [6.45, 7) is 12.7. The van der Waals surface area contributed by atoms with Gasteiger partial charge in [0.1, 0.15) is 0 Å². The third-order valence-electron chi connectivity index (χ3n) is 5.60. The molecule has 0 radical (unpaired) electrons. The number of fused-ring (bicyclic) bond motifs is 1. The van der Waals surface area contributed by atoms with Crippen molar-refractivity contribution >= 4 is 6.03 Å². The standard InChI is InChI=1S/C21H33N3O3/c1-15-8-16(2)11-24(10-15)21(3,4)13-22-20(25)23(5)12-17-6-7-18-19(9-17)27-14-26-18/h6-7,9,15-16H,8,10-14H2,1-5H3,(H,22,25). The van der Waals surface area contributed by atoms with Gasteiger partial charge in [-0.25, -0.2) is 4.79 Å². The summed E-state index contributed by atoms with van der Waals surface area (Å²) < 4.78 is 10.7. The molecule has 1 aromatic carbocycles. The number of carbonyl (C=O) groups is 1. The van der Waals surface area contributed by atoms with Gasteiger partial charge in [0.05, 0.1) is 0 Å². The van der Waals surface area contributed by atoms with Gasteiger partial charge in [-0.2, -0.15) is 0 Å². The van der Waals surface area contributed by atoms with E-state index >= 15 is 0 Å². The molecule has 1 fully saturated rings. The summed E-state index contributed by atoms with van der Waals surface area (Å²) >= 11 is 0. The van der Waals surface area contributed by atoms with Crippen LogP contribution < -0.4 is 14.8 Å². The molecule has 6 nitrogen and oxygen atoms in total. The number of likely N-dealkylation sites (tertiary alicyclic amines) is 1. The number of ether oxygens (including phenoxy) is 2. The largest absolute Gasteiger partial charge is 0.454 e. The molecule has 0 spiro atoms. The first-order chi connectivity index (χ1) is 12.7. The van der Waals surface area contributed by atoms with Gasteiger partial charge in [-0.3, -0.25) is 4.90 Å². The van der Waals surface area contributed by atoms with E-state index in [1.807, 2.05) is 25.2 Å². The Kier molecular flexibility index (Phi) is 5.84. The fourth-order valence-electron chi connectivity index (χ4n) is 4.08. The van der Waals surface area contributed by atoms with Crippen LogP contribution in [0.5, 0.6) is 11.5 Å². The summed E-state index contributed by atoms with van der Waals surface area (Å²) in [5, 5.41) is 3.11. The maximum absolute atomic E-state index is 12.6. The minimum absolute atomic E-state index is 0.0566. The van der Waals surface area contributed by atoms with E-state index in [1.165, 1.54) is 6.42 Å². The van der Waals surface area contributed by atoms with Crippen LogP contribution in [0.2, 0.25) is 0 Å². The Hall–Kier alpha value is -1.95. The van der Waals surface area contributed by atoms with Gasteiger partial charge in [0.15, 0.2) is 11.5 Å². The molecule has 0 bridgehead atoms. The van der Waals surface area contributed by atoms with Crippen LogP contribution in [0.4, 0.5) is 4.79 Å². The fourth-order valence-corrected chi connectivity index (χ4v) is 4.08. The molecule has 2 amide bonds. The van der Waals surface area contributed by atoms with E-state index < -0.39 is 0 Å². The van der Waals surface area contributed by atoms with E-state index in [0.29, 0.717) is 24.9 Å². The molecular formula is C21H33N3O3. The van der Waals surface area contributed by atoms with Crippen LogP contribution in [0.3, 0.4) is 0 Å². The molecule has 1 aromatic rings. The van der Waals surface area contributed by atoms with Crippen molar-refractivity contribution in [2.24, 2.45) is 11.8 Å². The minimum Gasteiger partial charge on any atom is -0.454 e. The monoisotopic (exact) mass is 375 g/mol. The molecule has 2 aliphatic rings. The average molecular weight is 376 g/mol. The Morgan fingerprint density at radius 1 is 1.22 bits per heavy atom. The van der Waals surface area contributed by atoms with E-state index in [2.05, 4.69) is 37.9 Å². The molecule has 1 N–H and O–H groups in total. The molecule has 0 aliphatic carbocycles. The van der Waals surface area contributed by atoms with E-state index in [1.54, 1.807) is 4.90 Å². The van der Waals surface area contributed by atoms with Gasteiger partial charge >= 0.3 is 6.03 Å². The van der Waals surface area contributed by atoms with Crippen molar-refractivity contribution in [1.82, 2.24) is 15.1 Å². The number of benzene rings is 1. The molecule has 1 saturated heterocycles. The Morgan fingerprint density at radius 3 is 2.59 bits per heavy atom. The maximum Gasteiger partial charge on any atom is 0.317 e. The summed E-state index contributed by atoms with van der Waals surface area (Å²) in [5.74, 6) is 2.92. The molecule has 2 aliphatic heterocycles. The molecule has 6 heteroatoms. The smallest absolute Gasteiger partial charge is 0.317 e. The van der Waals surface area contributed by atoms with E-state index in [9.17, 15) is 4.79 Å². The highest BCUT2D eigenvalue weighted by Crippen LogP contribution is 2.32. The highest BCUT2D eigenvalue weighted by Gasteiger charge is 2.33. The van der Waals surface area contributed by atoms with Crippen molar-refractivity contribution in [1.29, 1.82) is 0 Å². The summed E-state index contributed by atoms with van der Waals surface area (Å²) in [5.41, 5.74) is 0.966. The van der Waals surface area contributed by atoms with Gasteiger partial charge in [-0.05, 0) is 49.8 Å². The number of nitrogens with zero attached hydrogens (tertiary/aromatic N) is 2. The normalized spacial score (nSPS) is 22.6. The topological polar surface area (TPSA) is 54.0 Å². The Labute approximate surface area is 162 Å². The minimum atomic E-state index is -0.0574. The predicted octanol–water partition coefficient (Wildman–Crippen LogP) is 3.31. The molecule has 0 aromatic heterocycles. The van der Waals surface area contributed by atoms with Crippen LogP contribution >= 0.6 is 0 Å². The second-order valence-electron chi connectivity index (χ2n) is 8.87. The van der Waals surface area contributed by atoms with Gasteiger partial charge in [0.25, 0.3) is 0 Å². The summed E-state index contributed by atoms with van der Waals surface area (Å²) in [6, 6.07) is 5.74. The zero-order valence-electron chi connectivity index (χ0n) is 17.2. The lowest BCUT2D eigenvalue weighted by atomic mass is 9.88. The van der Waals surface area contributed by atoms with Gasteiger partial charge in [0.2, 0.25) is 6.79 Å². The maximum atomic E-state index is 12.6. The first-order valence-electron chi connectivity index (χ1n) is 9.87. The molecule has 2 unspecified atom stereocenters. The fraction of sp³-hybridized carbons (Fsp3) is 0.667. The predicted molar refractivity (Wildman–Crippen MR) is 106 cm³/mol. The molecular weight excluding hydrogens is 342 g/mol. The Balaban J connectivity index is 1.52. The summed E-state index contributed by atoms with van der Waals surface area (Å²) in [4.78, 5) is 16.8. The molecule has 0 saturated carbocycles. The van der Waals surface area contributed by atoms with Crippen LogP contribution in [0.25, 0.3) is 0 Å². The number of nitrogens with one attached hydrogen (secondary N) is 1. The first-order valence-corrected chi connectivity index (χ1v) is 9.87. The number of hydrogen-bond acceptors (Lipinski definition) is 4. The van der Waals surface area contributed by atoms with Crippen molar-refractivity contribution in [2.75, 3.05) is 33.5 Å². The zero-order chi connectivity index (χ0) is 19.6. The number of piperidine rings is 1. The van der Waals surface area contributed by atoms with Gasteiger partial charge in [0, 0.05) is 38.8 Å². The second-order valence-corrected chi connectivity index (χ2v) is 8.87. The summed E-state index contributed by atoms with van der Waals surface area (Å²) in [6.07, 6.45) is 1.29. The third-order valence-corrected chi connectivity index (χ3v) is 5.60. The molecule has 2 atom stereocenters. The van der Waals surface area contributed by atoms with Crippen LogP contribution in [0.15, 0.2) is 18.2 Å². The van der Waals surface area contributed by atoms with Crippen molar-refractivity contribution in [3.8, 4) is 11.5 Å². The van der Waals surface area contributed by atoms with E-state index in [4.69, 9.17) is 9.47 Å². The lowest BCUT2D eigenvalue weighted by molar-refractivity contribution is 0.0465. The van der Waals surface area contributed by atoms with Gasteiger partial charge in [-0.15, -0.1) is 0 Å². The van der Waals surface area contributed by atoms with E-state index in [0.717, 1.165) is 30.2 Å². The highest BCUT2D eigenvalue weighted by atomic mass is 16.7. The molecule has 3 rings (SSSR count). The highest BCUT2D eigenvalue weighted by molar-refractivity contribution is 5.74. The molecule has 150 valence electrons. The van der Waals surface area contributed by atoms with Crippen LogP contribution in [-0.4, -0.2) is 54.8 Å². The van der Waals surface area contributed by atoms with Crippen molar-refractivity contribution in [3.05, 3.63) is 23.8 Å². The molecule has 27 heavy (non-hydrogen) atoms. The number of hydrogen-bond donors (Lipinski definition) is 1. The Bertz CT molecular complexity index is 667. The van der Waals surface area contributed by atoms with Crippen LogP contribution in [-0.2, 0) is 6.54 Å². The van der Waals surface area contributed by atoms with Crippen LogP contribution in [0.1, 0.15) is 39.7 Å². The number of rotatable bonds is 5. The van der Waals surface area contributed by atoms with Gasteiger partial charge in [-0.1, -0.05) is 19.9 Å². The SMILES string of the molecule is CC1CC(C)CN(C(C)(C)CNC(=O)N(C)Cc2ccc3c(c2)OCO3)C1. The summed E-state index contributed by atoms with van der Waals surface area (Å²) in [7, 11) is 1.82. The lowest BCUT2D eigenvalue weighted by Gasteiger charge is -2.45. The average Bonchev–Trinajstić information content (AvgIpc) is 3.06. The lowest BCUT2D eigenvalue weighted by Crippen LogP contribution is -2.57. The molecule has 2 heterocycles. The first kappa shape index (κ1) is 19.8. The van der Waals surface area contributed by atoms with Gasteiger partial charge < -0.3 is 19.7 Å². The second kappa shape index (κ2) is 7.97. The Morgan fingerprint density at radius 2 is 1.89 bits per heavy atom. The third kappa shape index (κ3) is 4.86. The van der Waals surface area contributed by atoms with Crippen molar-refractivity contribution in [2.45, 2.75) is 46.2 Å². The van der Waals surface area contributed by atoms with Crippen molar-refractivity contribution < 1.29 is 14.3 Å². The van der Waals surface area contributed by atoms with Crippen molar-refractivity contribution in [3.63, 3.8) is 0 Å². The number of amides is 2.